The number of rotatable bonds is 3. The molecular formula is C12H20N2O. The van der Waals surface area contributed by atoms with Gasteiger partial charge < -0.3 is 11.1 Å². The molecule has 5 atom stereocenters. The van der Waals surface area contributed by atoms with E-state index in [1.165, 1.54) is 19.3 Å². The van der Waals surface area contributed by atoms with Crippen LogP contribution in [0.2, 0.25) is 0 Å². The third-order valence-electron chi connectivity index (χ3n) is 4.57. The van der Waals surface area contributed by atoms with Crippen molar-refractivity contribution in [1.29, 1.82) is 0 Å². The first-order valence-electron chi connectivity index (χ1n) is 6.21. The van der Waals surface area contributed by atoms with Crippen molar-refractivity contribution in [2.24, 2.45) is 29.4 Å². The molecule has 3 nitrogen and oxygen atoms in total. The van der Waals surface area contributed by atoms with Crippen LogP contribution < -0.4 is 11.1 Å². The summed E-state index contributed by atoms with van der Waals surface area (Å²) in [5, 5.41) is 3.17. The van der Waals surface area contributed by atoms with Crippen molar-refractivity contribution in [3.8, 4) is 0 Å². The molecule has 3 N–H and O–H groups in total. The number of amides is 1. The molecule has 0 aromatic heterocycles. The molecule has 3 aliphatic carbocycles. The maximum Gasteiger partial charge on any atom is 0.221 e. The number of fused-ring (bicyclic) bond motifs is 5. The molecule has 84 valence electrons. The maximum atomic E-state index is 11.6. The number of carbonyl (C=O) groups is 1. The third-order valence-corrected chi connectivity index (χ3v) is 4.57. The molecule has 2 bridgehead atoms. The van der Waals surface area contributed by atoms with Crippen molar-refractivity contribution in [3.63, 3.8) is 0 Å². The molecular weight excluding hydrogens is 188 g/mol. The van der Waals surface area contributed by atoms with Gasteiger partial charge in [-0.25, -0.2) is 0 Å². The summed E-state index contributed by atoms with van der Waals surface area (Å²) in [6.45, 7) is 1.89. The van der Waals surface area contributed by atoms with Gasteiger partial charge in [-0.15, -0.1) is 0 Å². The van der Waals surface area contributed by atoms with Gasteiger partial charge in [0.1, 0.15) is 0 Å². The Bertz CT molecular complexity index is 273. The van der Waals surface area contributed by atoms with Gasteiger partial charge in [-0.3, -0.25) is 4.79 Å². The van der Waals surface area contributed by atoms with E-state index in [4.69, 9.17) is 5.73 Å². The molecule has 0 aliphatic heterocycles. The topological polar surface area (TPSA) is 55.1 Å². The summed E-state index contributed by atoms with van der Waals surface area (Å²) in [6.07, 6.45) is 4.73. The van der Waals surface area contributed by atoms with Crippen molar-refractivity contribution >= 4 is 5.91 Å². The first-order valence-corrected chi connectivity index (χ1v) is 6.21. The van der Waals surface area contributed by atoms with E-state index in [1.807, 2.05) is 6.92 Å². The maximum absolute atomic E-state index is 11.6. The average Bonchev–Trinajstić information content (AvgIpc) is 2.58. The Morgan fingerprint density at radius 2 is 2.00 bits per heavy atom. The third kappa shape index (κ3) is 1.48. The largest absolute Gasteiger partial charge is 0.353 e. The first-order chi connectivity index (χ1) is 7.16. The second-order valence-corrected chi connectivity index (χ2v) is 5.76. The highest BCUT2D eigenvalue weighted by molar-refractivity contribution is 5.77. The lowest BCUT2D eigenvalue weighted by atomic mass is 10.0. The second kappa shape index (κ2) is 3.21. The van der Waals surface area contributed by atoms with Crippen LogP contribution in [0.1, 0.15) is 32.6 Å². The second-order valence-electron chi connectivity index (χ2n) is 5.76. The van der Waals surface area contributed by atoms with Crippen LogP contribution in [-0.2, 0) is 4.79 Å². The van der Waals surface area contributed by atoms with E-state index in [0.717, 1.165) is 23.7 Å². The normalized spacial score (nSPS) is 47.5. The van der Waals surface area contributed by atoms with Gasteiger partial charge in [0.15, 0.2) is 0 Å². The summed E-state index contributed by atoms with van der Waals surface area (Å²) in [5.41, 5.74) is 5.61. The van der Waals surface area contributed by atoms with Gasteiger partial charge in [0.05, 0.1) is 0 Å². The highest BCUT2D eigenvalue weighted by atomic mass is 16.1. The SMILES string of the molecule is CC(N)CC(=O)NC1C2C3CCC(C3)C12. The Kier molecular flexibility index (Phi) is 2.06. The van der Waals surface area contributed by atoms with E-state index < -0.39 is 0 Å². The number of hydrogen-bond acceptors (Lipinski definition) is 2. The van der Waals surface area contributed by atoms with Gasteiger partial charge in [0.2, 0.25) is 5.91 Å². The average molecular weight is 208 g/mol. The van der Waals surface area contributed by atoms with Crippen LogP contribution in [0.3, 0.4) is 0 Å². The van der Waals surface area contributed by atoms with Crippen molar-refractivity contribution in [3.05, 3.63) is 0 Å². The molecule has 0 saturated heterocycles. The molecule has 0 heterocycles. The minimum atomic E-state index is -0.0136. The minimum absolute atomic E-state index is 0.0136. The van der Waals surface area contributed by atoms with Gasteiger partial charge in [0, 0.05) is 18.5 Å². The standard InChI is InChI=1S/C12H20N2O/c1-6(13)4-9(15)14-12-10-7-2-3-8(5-7)11(10)12/h6-8,10-12H,2-5,13H2,1H3,(H,14,15). The summed E-state index contributed by atoms with van der Waals surface area (Å²) < 4.78 is 0. The van der Waals surface area contributed by atoms with Gasteiger partial charge in [-0.1, -0.05) is 0 Å². The highest BCUT2D eigenvalue weighted by Gasteiger charge is 2.65. The van der Waals surface area contributed by atoms with Gasteiger partial charge in [-0.05, 0) is 49.9 Å². The molecule has 3 fully saturated rings. The number of nitrogens with one attached hydrogen (secondary N) is 1. The molecule has 0 aromatic rings. The van der Waals surface area contributed by atoms with Crippen LogP contribution in [-0.4, -0.2) is 18.0 Å². The number of nitrogens with two attached hydrogens (primary N) is 1. The zero-order valence-electron chi connectivity index (χ0n) is 9.28. The summed E-state index contributed by atoms with van der Waals surface area (Å²) >= 11 is 0. The fourth-order valence-electron chi connectivity index (χ4n) is 4.06. The Morgan fingerprint density at radius 3 is 2.53 bits per heavy atom. The van der Waals surface area contributed by atoms with E-state index in [1.54, 1.807) is 0 Å². The highest BCUT2D eigenvalue weighted by Crippen LogP contribution is 2.65. The molecule has 3 aliphatic rings. The lowest BCUT2D eigenvalue weighted by molar-refractivity contribution is -0.121. The van der Waals surface area contributed by atoms with Gasteiger partial charge in [0.25, 0.3) is 0 Å². The fraction of sp³-hybridized carbons (Fsp3) is 0.917. The summed E-state index contributed by atoms with van der Waals surface area (Å²) in [4.78, 5) is 11.6. The van der Waals surface area contributed by atoms with Crippen LogP contribution in [0, 0.1) is 23.7 Å². The van der Waals surface area contributed by atoms with E-state index in [0.29, 0.717) is 12.5 Å². The Labute approximate surface area is 90.8 Å². The van der Waals surface area contributed by atoms with Crippen LogP contribution in [0.4, 0.5) is 0 Å². The summed E-state index contributed by atoms with van der Waals surface area (Å²) in [6, 6.07) is 0.503. The smallest absolute Gasteiger partial charge is 0.221 e. The summed E-state index contributed by atoms with van der Waals surface area (Å²) in [7, 11) is 0. The lowest BCUT2D eigenvalue weighted by Gasteiger charge is -2.11. The van der Waals surface area contributed by atoms with Gasteiger partial charge >= 0.3 is 0 Å². The number of carbonyl (C=O) groups excluding carboxylic acids is 1. The molecule has 0 aromatic carbocycles. The molecule has 1 amide bonds. The first kappa shape index (κ1) is 9.64. The molecule has 3 saturated carbocycles. The van der Waals surface area contributed by atoms with Crippen molar-refractivity contribution in [2.45, 2.75) is 44.7 Å². The van der Waals surface area contributed by atoms with E-state index in [2.05, 4.69) is 5.32 Å². The number of hydrogen-bond donors (Lipinski definition) is 2. The predicted octanol–water partition coefficient (Wildman–Crippen LogP) is 0.884. The lowest BCUT2D eigenvalue weighted by Crippen LogP contribution is -2.33. The van der Waals surface area contributed by atoms with Crippen LogP contribution in [0.25, 0.3) is 0 Å². The van der Waals surface area contributed by atoms with Crippen molar-refractivity contribution < 1.29 is 4.79 Å². The Hall–Kier alpha value is -0.570. The molecule has 15 heavy (non-hydrogen) atoms. The zero-order valence-corrected chi connectivity index (χ0v) is 9.28. The van der Waals surface area contributed by atoms with E-state index in [9.17, 15) is 4.79 Å². The van der Waals surface area contributed by atoms with Crippen molar-refractivity contribution in [1.82, 2.24) is 5.32 Å². The zero-order chi connectivity index (χ0) is 10.6. The quantitative estimate of drug-likeness (QED) is 0.723. The molecule has 5 unspecified atom stereocenters. The Morgan fingerprint density at radius 1 is 1.40 bits per heavy atom. The monoisotopic (exact) mass is 208 g/mol. The van der Waals surface area contributed by atoms with Gasteiger partial charge in [-0.2, -0.15) is 0 Å². The van der Waals surface area contributed by atoms with E-state index >= 15 is 0 Å². The minimum Gasteiger partial charge on any atom is -0.353 e. The Balaban J connectivity index is 1.53. The van der Waals surface area contributed by atoms with Crippen LogP contribution in [0.5, 0.6) is 0 Å². The molecule has 3 heteroatoms. The molecule has 0 spiro atoms. The molecule has 3 rings (SSSR count). The summed E-state index contributed by atoms with van der Waals surface area (Å²) in [5.74, 6) is 3.69. The molecule has 0 radical (unpaired) electrons. The van der Waals surface area contributed by atoms with E-state index in [-0.39, 0.29) is 11.9 Å². The van der Waals surface area contributed by atoms with Crippen LogP contribution in [0.15, 0.2) is 0 Å². The predicted molar refractivity (Wildman–Crippen MR) is 58.0 cm³/mol. The van der Waals surface area contributed by atoms with Crippen LogP contribution >= 0.6 is 0 Å². The van der Waals surface area contributed by atoms with Crippen molar-refractivity contribution in [2.75, 3.05) is 0 Å². The fourth-order valence-corrected chi connectivity index (χ4v) is 4.06.